The van der Waals surface area contributed by atoms with Crippen LogP contribution in [0.25, 0.3) is 93.6 Å². The second-order valence-electron chi connectivity index (χ2n) is 14.3. The summed E-state index contributed by atoms with van der Waals surface area (Å²) in [6.07, 6.45) is 0. The van der Waals surface area contributed by atoms with Crippen molar-refractivity contribution in [2.24, 2.45) is 0 Å². The van der Waals surface area contributed by atoms with Gasteiger partial charge in [-0.05, 0) is 102 Å². The molecule has 8 aromatic carbocycles. The molecule has 0 saturated heterocycles. The van der Waals surface area contributed by atoms with Crippen LogP contribution in [0, 0.1) is 34.0 Å². The van der Waals surface area contributed by atoms with Gasteiger partial charge >= 0.3 is 0 Å². The van der Waals surface area contributed by atoms with Crippen LogP contribution in [0.3, 0.4) is 0 Å². The summed E-state index contributed by atoms with van der Waals surface area (Å²) < 4.78 is 6.82. The van der Waals surface area contributed by atoms with Gasteiger partial charge in [0.2, 0.25) is 0 Å². The van der Waals surface area contributed by atoms with Crippen LogP contribution in [0.15, 0.2) is 170 Å². The van der Waals surface area contributed by atoms with E-state index >= 15 is 0 Å². The lowest BCUT2D eigenvalue weighted by molar-refractivity contribution is 1.17. The zero-order valence-corrected chi connectivity index (χ0v) is 30.3. The summed E-state index contributed by atoms with van der Waals surface area (Å²) in [5.74, 6) is 0. The van der Waals surface area contributed by atoms with Gasteiger partial charge in [0.15, 0.2) is 0 Å². The number of hydrogen-bond donors (Lipinski definition) is 0. The Bertz CT molecular complexity index is 3500. The number of para-hydroxylation sites is 3. The van der Waals surface area contributed by atoms with E-state index in [-0.39, 0.29) is 0 Å². The molecule has 11 rings (SSSR count). The molecule has 0 aliphatic carbocycles. The van der Waals surface area contributed by atoms with Gasteiger partial charge in [-0.2, -0.15) is 15.8 Å². The highest BCUT2D eigenvalue weighted by atomic mass is 15.0. The third-order valence-corrected chi connectivity index (χ3v) is 11.3. The van der Waals surface area contributed by atoms with Crippen LogP contribution in [-0.4, -0.2) is 13.7 Å². The Labute approximate surface area is 326 Å². The molecule has 57 heavy (non-hydrogen) atoms. The zero-order chi connectivity index (χ0) is 38.2. The number of rotatable bonds is 4. The number of aromatic nitrogens is 3. The molecule has 11 aromatic rings. The molecule has 3 aromatic heterocycles. The van der Waals surface area contributed by atoms with Gasteiger partial charge < -0.3 is 13.7 Å². The highest BCUT2D eigenvalue weighted by molar-refractivity contribution is 6.16. The van der Waals surface area contributed by atoms with Gasteiger partial charge in [-0.25, -0.2) is 0 Å². The third kappa shape index (κ3) is 4.68. The van der Waals surface area contributed by atoms with Crippen molar-refractivity contribution in [1.29, 1.82) is 15.8 Å². The van der Waals surface area contributed by atoms with Crippen molar-refractivity contribution >= 4 is 65.4 Å². The predicted octanol–water partition coefficient (Wildman–Crippen LogP) is 12.3. The quantitative estimate of drug-likeness (QED) is 0.181. The van der Waals surface area contributed by atoms with E-state index < -0.39 is 0 Å². The van der Waals surface area contributed by atoms with Crippen molar-refractivity contribution in [3.63, 3.8) is 0 Å². The van der Waals surface area contributed by atoms with Gasteiger partial charge in [-0.1, -0.05) is 78.9 Å². The summed E-state index contributed by atoms with van der Waals surface area (Å²) in [5, 5.41) is 36.5. The van der Waals surface area contributed by atoms with E-state index in [1.165, 1.54) is 16.2 Å². The van der Waals surface area contributed by atoms with Crippen LogP contribution in [-0.2, 0) is 0 Å². The average molecular weight is 725 g/mol. The molecule has 0 amide bonds. The number of nitriles is 3. The van der Waals surface area contributed by atoms with Crippen LogP contribution in [0.5, 0.6) is 0 Å². The maximum absolute atomic E-state index is 10.6. The first-order chi connectivity index (χ1) is 28.1. The molecule has 0 radical (unpaired) electrons. The lowest BCUT2D eigenvalue weighted by atomic mass is 9.99. The summed E-state index contributed by atoms with van der Waals surface area (Å²) in [5.41, 5.74) is 12.6. The molecule has 262 valence electrons. The minimum absolute atomic E-state index is 0.540. The summed E-state index contributed by atoms with van der Waals surface area (Å²) in [6.45, 7) is 0. The molecule has 6 nitrogen and oxygen atoms in total. The van der Waals surface area contributed by atoms with Crippen molar-refractivity contribution in [3.05, 3.63) is 187 Å². The number of hydrogen-bond acceptors (Lipinski definition) is 3. The van der Waals surface area contributed by atoms with Crippen LogP contribution in [0.1, 0.15) is 16.7 Å². The standard InChI is InChI=1S/C51H28N6/c52-29-32-19-23-47-42(25-32)43-26-33(30-53)20-24-48(43)55(47)37-21-22-38(35(28-37)31-54)34-9-7-10-36(27-34)56-46-16-6-3-13-41(46)51-49(56)17-8-18-50(51)57-44-14-4-1-11-39(44)40-12-2-5-15-45(40)57/h1-28H. The van der Waals surface area contributed by atoms with Crippen molar-refractivity contribution in [3.8, 4) is 46.4 Å². The molecule has 0 saturated carbocycles. The second kappa shape index (κ2) is 12.3. The van der Waals surface area contributed by atoms with Crippen LogP contribution >= 0.6 is 0 Å². The highest BCUT2D eigenvalue weighted by Gasteiger charge is 2.20. The summed E-state index contributed by atoms with van der Waals surface area (Å²) in [7, 11) is 0. The van der Waals surface area contributed by atoms with E-state index in [0.29, 0.717) is 16.7 Å². The lowest BCUT2D eigenvalue weighted by Crippen LogP contribution is -1.98. The van der Waals surface area contributed by atoms with E-state index in [2.05, 4.69) is 147 Å². The predicted molar refractivity (Wildman–Crippen MR) is 229 cm³/mol. The Morgan fingerprint density at radius 3 is 1.51 bits per heavy atom. The van der Waals surface area contributed by atoms with E-state index in [1.54, 1.807) is 12.1 Å². The largest absolute Gasteiger partial charge is 0.309 e. The van der Waals surface area contributed by atoms with Crippen molar-refractivity contribution in [2.45, 2.75) is 0 Å². The molecule has 0 bridgehead atoms. The van der Waals surface area contributed by atoms with E-state index in [0.717, 1.165) is 77.4 Å². The van der Waals surface area contributed by atoms with E-state index in [1.807, 2.05) is 42.5 Å². The van der Waals surface area contributed by atoms with Gasteiger partial charge in [0.05, 0.1) is 73.7 Å². The first kappa shape index (κ1) is 32.1. The van der Waals surface area contributed by atoms with Crippen LogP contribution < -0.4 is 0 Å². The van der Waals surface area contributed by atoms with Gasteiger partial charge in [0.1, 0.15) is 0 Å². The number of fused-ring (bicyclic) bond motifs is 9. The van der Waals surface area contributed by atoms with Gasteiger partial charge in [0.25, 0.3) is 0 Å². The first-order valence-electron chi connectivity index (χ1n) is 18.7. The molecule has 0 fully saturated rings. The molecule has 0 spiro atoms. The van der Waals surface area contributed by atoms with E-state index in [4.69, 9.17) is 0 Å². The van der Waals surface area contributed by atoms with Crippen LogP contribution in [0.4, 0.5) is 0 Å². The Morgan fingerprint density at radius 2 is 0.877 bits per heavy atom. The SMILES string of the molecule is N#Cc1ccc2c(c1)c1cc(C#N)ccc1n2-c1ccc(-c2cccc(-n3c4ccccc4c4c(-n5c6ccccc6c6ccccc65)cccc43)c2)c(C#N)c1. The summed E-state index contributed by atoms with van der Waals surface area (Å²) in [6, 6.07) is 64.9. The average Bonchev–Trinajstić information content (AvgIpc) is 3.91. The maximum Gasteiger partial charge on any atom is 0.0998 e. The highest BCUT2D eigenvalue weighted by Crippen LogP contribution is 2.41. The fraction of sp³-hybridized carbons (Fsp3) is 0. The summed E-state index contributed by atoms with van der Waals surface area (Å²) in [4.78, 5) is 0. The molecule has 0 N–H and O–H groups in total. The Kier molecular flexibility index (Phi) is 6.95. The van der Waals surface area contributed by atoms with Crippen molar-refractivity contribution in [2.75, 3.05) is 0 Å². The molecule has 0 atom stereocenters. The number of nitrogens with zero attached hydrogens (tertiary/aromatic N) is 6. The van der Waals surface area contributed by atoms with Crippen molar-refractivity contribution < 1.29 is 0 Å². The van der Waals surface area contributed by atoms with Gasteiger partial charge in [0, 0.05) is 43.7 Å². The maximum atomic E-state index is 10.6. The molecule has 0 unspecified atom stereocenters. The first-order valence-corrected chi connectivity index (χ1v) is 18.7. The molecule has 0 aliphatic heterocycles. The zero-order valence-electron chi connectivity index (χ0n) is 30.3. The lowest BCUT2D eigenvalue weighted by Gasteiger charge is -2.14. The molecule has 0 aliphatic rings. The summed E-state index contributed by atoms with van der Waals surface area (Å²) >= 11 is 0. The fourth-order valence-electron chi connectivity index (χ4n) is 8.92. The Hall–Kier alpha value is -8.37. The Morgan fingerprint density at radius 1 is 0.351 bits per heavy atom. The van der Waals surface area contributed by atoms with Gasteiger partial charge in [-0.3, -0.25) is 0 Å². The topological polar surface area (TPSA) is 86.2 Å². The molecular formula is C51H28N6. The smallest absolute Gasteiger partial charge is 0.0998 e. The molecule has 6 heteroatoms. The Balaban J connectivity index is 1.09. The molecule has 3 heterocycles. The second-order valence-corrected chi connectivity index (χ2v) is 14.3. The van der Waals surface area contributed by atoms with Crippen molar-refractivity contribution in [1.82, 2.24) is 13.7 Å². The normalized spacial score (nSPS) is 11.5. The van der Waals surface area contributed by atoms with E-state index in [9.17, 15) is 15.8 Å². The monoisotopic (exact) mass is 724 g/mol. The number of benzene rings is 8. The minimum Gasteiger partial charge on any atom is -0.309 e. The molecular weight excluding hydrogens is 697 g/mol. The third-order valence-electron chi connectivity index (χ3n) is 11.3. The fourth-order valence-corrected chi connectivity index (χ4v) is 8.92. The van der Waals surface area contributed by atoms with Crippen LogP contribution in [0.2, 0.25) is 0 Å². The minimum atomic E-state index is 0.540. The van der Waals surface area contributed by atoms with Gasteiger partial charge in [-0.15, -0.1) is 0 Å².